The second-order valence-electron chi connectivity index (χ2n) is 5.95. The van der Waals surface area contributed by atoms with Gasteiger partial charge in [-0.1, -0.05) is 24.1 Å². The lowest BCUT2D eigenvalue weighted by Crippen LogP contribution is -2.38. The molecule has 0 radical (unpaired) electrons. The van der Waals surface area contributed by atoms with Crippen LogP contribution >= 0.6 is 23.8 Å². The molecule has 1 aliphatic rings. The van der Waals surface area contributed by atoms with Crippen LogP contribution in [0.1, 0.15) is 32.6 Å². The number of hydrogen-bond acceptors (Lipinski definition) is 2. The van der Waals surface area contributed by atoms with E-state index in [1.54, 1.807) is 0 Å². The van der Waals surface area contributed by atoms with Crippen LogP contribution in [0.5, 0.6) is 0 Å². The molecule has 3 rings (SSSR count). The molecule has 1 aromatic carbocycles. The Morgan fingerprint density at radius 2 is 2.19 bits per heavy atom. The van der Waals surface area contributed by atoms with Crippen LogP contribution in [0, 0.1) is 4.77 Å². The van der Waals surface area contributed by atoms with Crippen LogP contribution in [0.2, 0.25) is 5.02 Å². The summed E-state index contributed by atoms with van der Waals surface area (Å²) in [6, 6.07) is 6.69. The van der Waals surface area contributed by atoms with Gasteiger partial charge in [-0.05, 0) is 57.1 Å². The first-order chi connectivity index (χ1) is 10.2. The highest BCUT2D eigenvalue weighted by Crippen LogP contribution is 2.23. The van der Waals surface area contributed by atoms with Crippen molar-refractivity contribution in [3.63, 3.8) is 0 Å². The van der Waals surface area contributed by atoms with E-state index < -0.39 is 0 Å². The molecule has 21 heavy (non-hydrogen) atoms. The molecule has 1 fully saturated rings. The number of nitrogens with one attached hydrogen (secondary N) is 1. The van der Waals surface area contributed by atoms with Crippen molar-refractivity contribution < 1.29 is 0 Å². The van der Waals surface area contributed by atoms with Crippen molar-refractivity contribution in [2.24, 2.45) is 0 Å². The predicted molar refractivity (Wildman–Crippen MR) is 91.6 cm³/mol. The first-order valence-electron chi connectivity index (χ1n) is 7.78. The van der Waals surface area contributed by atoms with Gasteiger partial charge in [0.1, 0.15) is 0 Å². The Morgan fingerprint density at radius 1 is 1.33 bits per heavy atom. The second-order valence-corrected chi connectivity index (χ2v) is 6.74. The Labute approximate surface area is 135 Å². The van der Waals surface area contributed by atoms with E-state index in [0.717, 1.165) is 46.4 Å². The number of imidazole rings is 1. The standard InChI is InChI=1S/C16H22ClN3S/c1-12-6-2-3-9-19(12)10-5-11-20-14-8-4-7-13(17)15(14)18-16(20)21/h4,7-8,12H,2-3,5-6,9-11H2,1H3,(H,18,21). The molecule has 1 atom stereocenters. The van der Waals surface area contributed by atoms with E-state index >= 15 is 0 Å². The van der Waals surface area contributed by atoms with Crippen LogP contribution in [-0.4, -0.2) is 33.6 Å². The summed E-state index contributed by atoms with van der Waals surface area (Å²) >= 11 is 11.7. The van der Waals surface area contributed by atoms with E-state index in [1.165, 1.54) is 25.8 Å². The van der Waals surface area contributed by atoms with E-state index in [0.29, 0.717) is 0 Å². The zero-order valence-electron chi connectivity index (χ0n) is 12.4. The average molecular weight is 324 g/mol. The first kappa shape index (κ1) is 15.1. The minimum absolute atomic E-state index is 0.726. The SMILES string of the molecule is CC1CCCCN1CCCn1c(=S)[nH]c2c(Cl)cccc21. The zero-order chi connectivity index (χ0) is 14.8. The van der Waals surface area contributed by atoms with Gasteiger partial charge in [-0.2, -0.15) is 0 Å². The third kappa shape index (κ3) is 3.17. The molecule has 1 aromatic heterocycles. The molecule has 0 spiro atoms. The summed E-state index contributed by atoms with van der Waals surface area (Å²) < 4.78 is 2.94. The van der Waals surface area contributed by atoms with Crippen molar-refractivity contribution in [1.29, 1.82) is 0 Å². The number of rotatable bonds is 4. The molecule has 1 unspecified atom stereocenters. The van der Waals surface area contributed by atoms with Crippen LogP contribution in [0.25, 0.3) is 11.0 Å². The summed E-state index contributed by atoms with van der Waals surface area (Å²) in [5.74, 6) is 0. The minimum Gasteiger partial charge on any atom is -0.329 e. The number of H-pyrrole nitrogens is 1. The van der Waals surface area contributed by atoms with Crippen molar-refractivity contribution in [3.05, 3.63) is 28.0 Å². The van der Waals surface area contributed by atoms with Crippen molar-refractivity contribution >= 4 is 34.9 Å². The number of aryl methyl sites for hydroxylation is 1. The third-order valence-electron chi connectivity index (χ3n) is 4.53. The van der Waals surface area contributed by atoms with E-state index in [4.69, 9.17) is 23.8 Å². The normalized spacial score (nSPS) is 20.2. The molecule has 1 aliphatic heterocycles. The molecule has 2 aromatic rings. The smallest absolute Gasteiger partial charge is 0.178 e. The Kier molecular flexibility index (Phi) is 4.67. The fourth-order valence-corrected chi connectivity index (χ4v) is 3.80. The number of benzene rings is 1. The van der Waals surface area contributed by atoms with Crippen LogP contribution in [0.3, 0.4) is 0 Å². The number of fused-ring (bicyclic) bond motifs is 1. The quantitative estimate of drug-likeness (QED) is 0.830. The molecule has 3 nitrogen and oxygen atoms in total. The summed E-state index contributed by atoms with van der Waals surface area (Å²) in [5.41, 5.74) is 2.06. The maximum atomic E-state index is 6.22. The summed E-state index contributed by atoms with van der Waals surface area (Å²) in [5, 5.41) is 0.738. The summed E-state index contributed by atoms with van der Waals surface area (Å²) in [4.78, 5) is 5.83. The molecule has 2 heterocycles. The third-order valence-corrected chi connectivity index (χ3v) is 5.16. The number of likely N-dealkylation sites (tertiary alicyclic amines) is 1. The van der Waals surface area contributed by atoms with Crippen molar-refractivity contribution in [2.75, 3.05) is 13.1 Å². The molecule has 0 amide bonds. The van der Waals surface area contributed by atoms with E-state index in [-0.39, 0.29) is 0 Å². The van der Waals surface area contributed by atoms with E-state index in [9.17, 15) is 0 Å². The lowest BCUT2D eigenvalue weighted by Gasteiger charge is -2.33. The lowest BCUT2D eigenvalue weighted by molar-refractivity contribution is 0.157. The highest BCUT2D eigenvalue weighted by atomic mass is 35.5. The Bertz CT molecular complexity index is 676. The highest BCUT2D eigenvalue weighted by Gasteiger charge is 2.17. The number of halogens is 1. The fraction of sp³-hybridized carbons (Fsp3) is 0.562. The monoisotopic (exact) mass is 323 g/mol. The summed E-state index contributed by atoms with van der Waals surface area (Å²) in [6.45, 7) is 5.68. The van der Waals surface area contributed by atoms with Crippen molar-refractivity contribution in [1.82, 2.24) is 14.5 Å². The van der Waals surface area contributed by atoms with Gasteiger partial charge in [0.15, 0.2) is 4.77 Å². The molecule has 1 saturated heterocycles. The van der Waals surface area contributed by atoms with Gasteiger partial charge in [0.05, 0.1) is 16.1 Å². The van der Waals surface area contributed by atoms with Gasteiger partial charge >= 0.3 is 0 Å². The topological polar surface area (TPSA) is 24.0 Å². The molecule has 114 valence electrons. The number of aromatic nitrogens is 2. The van der Waals surface area contributed by atoms with Gasteiger partial charge in [0.2, 0.25) is 0 Å². The van der Waals surface area contributed by atoms with E-state index in [2.05, 4.69) is 27.4 Å². The molecule has 0 aliphatic carbocycles. The minimum atomic E-state index is 0.726. The second kappa shape index (κ2) is 6.51. The van der Waals surface area contributed by atoms with Crippen molar-refractivity contribution in [3.8, 4) is 0 Å². The first-order valence-corrected chi connectivity index (χ1v) is 8.56. The lowest BCUT2D eigenvalue weighted by atomic mass is 10.0. The molecule has 5 heteroatoms. The average Bonchev–Trinajstić information content (AvgIpc) is 2.79. The molecule has 1 N–H and O–H groups in total. The maximum absolute atomic E-state index is 6.22. The molecular weight excluding hydrogens is 302 g/mol. The molecule has 0 saturated carbocycles. The van der Waals surface area contributed by atoms with Gasteiger partial charge < -0.3 is 14.5 Å². The summed E-state index contributed by atoms with van der Waals surface area (Å²) in [7, 11) is 0. The summed E-state index contributed by atoms with van der Waals surface area (Å²) in [6.07, 6.45) is 5.18. The highest BCUT2D eigenvalue weighted by molar-refractivity contribution is 7.71. The van der Waals surface area contributed by atoms with Gasteiger partial charge in [0.25, 0.3) is 0 Å². The van der Waals surface area contributed by atoms with Crippen LogP contribution in [0.4, 0.5) is 0 Å². The Hall–Kier alpha value is -0.840. The van der Waals surface area contributed by atoms with Crippen LogP contribution < -0.4 is 0 Å². The number of aromatic amines is 1. The van der Waals surface area contributed by atoms with Gasteiger partial charge in [-0.15, -0.1) is 0 Å². The number of nitrogens with zero attached hydrogens (tertiary/aromatic N) is 2. The van der Waals surface area contributed by atoms with Gasteiger partial charge in [0, 0.05) is 19.1 Å². The van der Waals surface area contributed by atoms with Crippen LogP contribution in [0.15, 0.2) is 18.2 Å². The van der Waals surface area contributed by atoms with Crippen LogP contribution in [-0.2, 0) is 6.54 Å². The zero-order valence-corrected chi connectivity index (χ0v) is 14.0. The largest absolute Gasteiger partial charge is 0.329 e. The van der Waals surface area contributed by atoms with Gasteiger partial charge in [-0.25, -0.2) is 0 Å². The van der Waals surface area contributed by atoms with Crippen molar-refractivity contribution in [2.45, 2.75) is 45.2 Å². The Morgan fingerprint density at radius 3 is 3.00 bits per heavy atom. The fourth-order valence-electron chi connectivity index (χ4n) is 3.29. The van der Waals surface area contributed by atoms with E-state index in [1.807, 2.05) is 12.1 Å². The number of piperidine rings is 1. The number of hydrogen-bond donors (Lipinski definition) is 1. The number of para-hydroxylation sites is 1. The maximum Gasteiger partial charge on any atom is 0.178 e. The van der Waals surface area contributed by atoms with Gasteiger partial charge in [-0.3, -0.25) is 0 Å². The molecular formula is C16H22ClN3S. The molecule has 0 bridgehead atoms. The predicted octanol–water partition coefficient (Wildman–Crippen LogP) is 4.62. The Balaban J connectivity index is 1.69.